The van der Waals surface area contributed by atoms with Crippen molar-refractivity contribution in [2.45, 2.75) is 66.3 Å². The third-order valence-electron chi connectivity index (χ3n) is 5.83. The lowest BCUT2D eigenvalue weighted by Crippen LogP contribution is -2.43. The number of nitrogens with zero attached hydrogens (tertiary/aromatic N) is 3. The standard InChI is InChI=1S/C19H38N4.HI/c1-6-19(5)10-12-23(15-19)18(20-7-2)21-13-17-9-8-11-22(14-17)16(3)4;/h16-17H,6-15H2,1-5H3,(H,20,21);1H. The van der Waals surface area contributed by atoms with Gasteiger partial charge in [-0.3, -0.25) is 4.99 Å². The second kappa shape index (κ2) is 10.2. The molecule has 24 heavy (non-hydrogen) atoms. The summed E-state index contributed by atoms with van der Waals surface area (Å²) in [5.41, 5.74) is 0.468. The molecule has 142 valence electrons. The summed E-state index contributed by atoms with van der Waals surface area (Å²) in [5.74, 6) is 1.87. The Morgan fingerprint density at radius 1 is 1.29 bits per heavy atom. The Kier molecular flexibility index (Phi) is 9.34. The highest BCUT2D eigenvalue weighted by Gasteiger charge is 2.33. The predicted octanol–water partition coefficient (Wildman–Crippen LogP) is 3.81. The molecule has 0 spiro atoms. The van der Waals surface area contributed by atoms with Gasteiger partial charge in [-0.25, -0.2) is 0 Å². The molecule has 0 aromatic rings. The van der Waals surface area contributed by atoms with E-state index in [1.165, 1.54) is 38.8 Å². The molecule has 0 aromatic carbocycles. The van der Waals surface area contributed by atoms with Crippen LogP contribution in [-0.2, 0) is 0 Å². The lowest BCUT2D eigenvalue weighted by atomic mass is 9.87. The van der Waals surface area contributed by atoms with Crippen LogP contribution in [-0.4, -0.2) is 61.1 Å². The van der Waals surface area contributed by atoms with Crippen LogP contribution in [0.5, 0.6) is 0 Å². The Morgan fingerprint density at radius 3 is 2.62 bits per heavy atom. The highest BCUT2D eigenvalue weighted by atomic mass is 127. The van der Waals surface area contributed by atoms with Crippen molar-refractivity contribution in [3.8, 4) is 0 Å². The van der Waals surface area contributed by atoms with Crippen LogP contribution in [0, 0.1) is 11.3 Å². The molecule has 5 heteroatoms. The van der Waals surface area contributed by atoms with Gasteiger partial charge in [0.1, 0.15) is 0 Å². The Labute approximate surface area is 166 Å². The summed E-state index contributed by atoms with van der Waals surface area (Å²) in [6.07, 6.45) is 5.21. The summed E-state index contributed by atoms with van der Waals surface area (Å²) in [6.45, 7) is 18.2. The van der Waals surface area contributed by atoms with Crippen molar-refractivity contribution >= 4 is 29.9 Å². The molecule has 2 fully saturated rings. The van der Waals surface area contributed by atoms with Gasteiger partial charge in [-0.05, 0) is 64.3 Å². The molecule has 0 aliphatic carbocycles. The number of rotatable bonds is 5. The van der Waals surface area contributed by atoms with E-state index in [-0.39, 0.29) is 24.0 Å². The number of likely N-dealkylation sites (tertiary alicyclic amines) is 2. The van der Waals surface area contributed by atoms with Gasteiger partial charge >= 0.3 is 0 Å². The molecule has 2 saturated heterocycles. The Morgan fingerprint density at radius 2 is 2.04 bits per heavy atom. The van der Waals surface area contributed by atoms with Crippen LogP contribution < -0.4 is 5.32 Å². The van der Waals surface area contributed by atoms with Crippen molar-refractivity contribution in [2.75, 3.05) is 39.3 Å². The summed E-state index contributed by atoms with van der Waals surface area (Å²) in [6, 6.07) is 0.666. The van der Waals surface area contributed by atoms with Gasteiger partial charge in [0.15, 0.2) is 5.96 Å². The Bertz CT molecular complexity index is 399. The maximum absolute atomic E-state index is 5.02. The number of halogens is 1. The minimum Gasteiger partial charge on any atom is -0.357 e. The number of hydrogen-bond donors (Lipinski definition) is 1. The SMILES string of the molecule is CCNC(=NCC1CCCN(C(C)C)C1)N1CCC(C)(CC)C1.I. The number of aliphatic imine (C=N–C) groups is 1. The third-order valence-corrected chi connectivity index (χ3v) is 5.83. The maximum Gasteiger partial charge on any atom is 0.193 e. The van der Waals surface area contributed by atoms with Crippen molar-refractivity contribution in [3.05, 3.63) is 0 Å². The first kappa shape index (κ1) is 22.0. The maximum atomic E-state index is 5.02. The number of piperidine rings is 1. The molecule has 2 unspecified atom stereocenters. The van der Waals surface area contributed by atoms with E-state index in [2.05, 4.69) is 49.7 Å². The van der Waals surface area contributed by atoms with Crippen molar-refractivity contribution in [1.82, 2.24) is 15.1 Å². The van der Waals surface area contributed by atoms with Gasteiger partial charge in [-0.2, -0.15) is 0 Å². The third kappa shape index (κ3) is 6.04. The van der Waals surface area contributed by atoms with Crippen molar-refractivity contribution < 1.29 is 0 Å². The van der Waals surface area contributed by atoms with Crippen LogP contribution in [0.25, 0.3) is 0 Å². The molecule has 4 nitrogen and oxygen atoms in total. The smallest absolute Gasteiger partial charge is 0.193 e. The largest absolute Gasteiger partial charge is 0.357 e. The van der Waals surface area contributed by atoms with Crippen LogP contribution in [0.4, 0.5) is 0 Å². The zero-order valence-corrected chi connectivity index (χ0v) is 18.8. The zero-order chi connectivity index (χ0) is 16.9. The van der Waals surface area contributed by atoms with Gasteiger partial charge in [0.25, 0.3) is 0 Å². The fraction of sp³-hybridized carbons (Fsp3) is 0.947. The molecule has 0 saturated carbocycles. The van der Waals surface area contributed by atoms with Crippen LogP contribution in [0.3, 0.4) is 0 Å². The molecule has 2 rings (SSSR count). The predicted molar refractivity (Wildman–Crippen MR) is 115 cm³/mol. The van der Waals surface area contributed by atoms with Crippen LogP contribution in [0.1, 0.15) is 60.3 Å². The Balaban J connectivity index is 0.00000288. The lowest BCUT2D eigenvalue weighted by Gasteiger charge is -2.35. The normalized spacial score (nSPS) is 29.0. The molecular formula is C19H39IN4. The Hall–Kier alpha value is -0.0400. The zero-order valence-electron chi connectivity index (χ0n) is 16.5. The molecule has 2 atom stereocenters. The van der Waals surface area contributed by atoms with Gasteiger partial charge in [-0.1, -0.05) is 13.8 Å². The van der Waals surface area contributed by atoms with Gasteiger partial charge < -0.3 is 15.1 Å². The molecule has 0 radical (unpaired) electrons. The molecule has 1 N–H and O–H groups in total. The van der Waals surface area contributed by atoms with Gasteiger partial charge in [0.05, 0.1) is 0 Å². The summed E-state index contributed by atoms with van der Waals surface area (Å²) in [7, 11) is 0. The van der Waals surface area contributed by atoms with E-state index in [4.69, 9.17) is 4.99 Å². The van der Waals surface area contributed by atoms with Crippen LogP contribution in [0.2, 0.25) is 0 Å². The summed E-state index contributed by atoms with van der Waals surface area (Å²) >= 11 is 0. The fourth-order valence-electron chi connectivity index (χ4n) is 3.85. The van der Waals surface area contributed by atoms with E-state index in [1.54, 1.807) is 0 Å². The topological polar surface area (TPSA) is 30.9 Å². The second-order valence-electron chi connectivity index (χ2n) is 8.13. The molecule has 2 heterocycles. The van der Waals surface area contributed by atoms with E-state index in [9.17, 15) is 0 Å². The van der Waals surface area contributed by atoms with Crippen LogP contribution >= 0.6 is 24.0 Å². The van der Waals surface area contributed by atoms with Crippen molar-refractivity contribution in [3.63, 3.8) is 0 Å². The number of hydrogen-bond acceptors (Lipinski definition) is 2. The van der Waals surface area contributed by atoms with E-state index < -0.39 is 0 Å². The summed E-state index contributed by atoms with van der Waals surface area (Å²) in [4.78, 5) is 10.1. The first-order valence-corrected chi connectivity index (χ1v) is 9.74. The molecule has 2 aliphatic heterocycles. The molecule has 0 amide bonds. The van der Waals surface area contributed by atoms with E-state index >= 15 is 0 Å². The molecule has 0 bridgehead atoms. The van der Waals surface area contributed by atoms with E-state index in [1.807, 2.05) is 0 Å². The first-order valence-electron chi connectivity index (χ1n) is 9.74. The minimum absolute atomic E-state index is 0. The molecule has 2 aliphatic rings. The number of nitrogens with one attached hydrogen (secondary N) is 1. The number of guanidine groups is 1. The van der Waals surface area contributed by atoms with Gasteiger partial charge in [0, 0.05) is 38.8 Å². The van der Waals surface area contributed by atoms with Gasteiger partial charge in [-0.15, -0.1) is 24.0 Å². The average molecular weight is 450 g/mol. The van der Waals surface area contributed by atoms with E-state index in [0.717, 1.165) is 38.1 Å². The highest BCUT2D eigenvalue weighted by molar-refractivity contribution is 14.0. The first-order chi connectivity index (χ1) is 11.0. The van der Waals surface area contributed by atoms with Crippen LogP contribution in [0.15, 0.2) is 4.99 Å². The second-order valence-corrected chi connectivity index (χ2v) is 8.13. The lowest BCUT2D eigenvalue weighted by molar-refractivity contribution is 0.143. The average Bonchev–Trinajstić information content (AvgIpc) is 2.94. The van der Waals surface area contributed by atoms with Crippen molar-refractivity contribution in [2.24, 2.45) is 16.3 Å². The minimum atomic E-state index is 0. The van der Waals surface area contributed by atoms with Gasteiger partial charge in [0.2, 0.25) is 0 Å². The van der Waals surface area contributed by atoms with E-state index in [0.29, 0.717) is 11.5 Å². The monoisotopic (exact) mass is 450 g/mol. The van der Waals surface area contributed by atoms with Crippen molar-refractivity contribution in [1.29, 1.82) is 0 Å². The highest BCUT2D eigenvalue weighted by Crippen LogP contribution is 2.33. The molecular weight excluding hydrogens is 411 g/mol. The molecule has 0 aromatic heterocycles. The fourth-order valence-corrected chi connectivity index (χ4v) is 3.85. The quantitative estimate of drug-likeness (QED) is 0.393. The summed E-state index contributed by atoms with van der Waals surface area (Å²) in [5, 5.41) is 3.52. The summed E-state index contributed by atoms with van der Waals surface area (Å²) < 4.78 is 0.